The second-order valence-corrected chi connectivity index (χ2v) is 2.31. The summed E-state index contributed by atoms with van der Waals surface area (Å²) >= 11 is 0. The molecule has 0 aromatic rings. The molecule has 1 N–H and O–H groups in total. The zero-order chi connectivity index (χ0) is 6.57. The highest BCUT2D eigenvalue weighted by atomic mass is 16.3. The zero-order valence-corrected chi connectivity index (χ0v) is 5.39. The van der Waals surface area contributed by atoms with Gasteiger partial charge < -0.3 is 5.11 Å². The largest absolute Gasteiger partial charge is 0.380 e. The molecule has 0 aliphatic carbocycles. The Kier molecular flexibility index (Phi) is 3.30. The predicted octanol–water partition coefficient (Wildman–Crippen LogP) is 1.03. The van der Waals surface area contributed by atoms with Crippen molar-refractivity contribution in [1.29, 1.82) is 0 Å². The highest BCUT2D eigenvalue weighted by Gasteiger charge is 2.00. The fourth-order valence-corrected chi connectivity index (χ4v) is 0.515. The third-order valence-electron chi connectivity index (χ3n) is 0.887. The molecule has 0 aliphatic heterocycles. The Morgan fingerprint density at radius 3 is 2.25 bits per heavy atom. The lowest BCUT2D eigenvalue weighted by Gasteiger charge is -2.04. The van der Waals surface area contributed by atoms with Gasteiger partial charge >= 0.3 is 0 Å². The Morgan fingerprint density at radius 1 is 1.62 bits per heavy atom. The summed E-state index contributed by atoms with van der Waals surface area (Å²) in [6.45, 7) is 4.06. The average molecular weight is 112 g/mol. The summed E-state index contributed by atoms with van der Waals surface area (Å²) in [7, 11) is 0. The van der Waals surface area contributed by atoms with E-state index in [1.807, 2.05) is 13.8 Å². The van der Waals surface area contributed by atoms with Crippen LogP contribution in [-0.4, -0.2) is 11.2 Å². The monoisotopic (exact) mass is 112 g/mol. The van der Waals surface area contributed by atoms with Gasteiger partial charge in [-0.25, -0.2) is 0 Å². The molecule has 0 unspecified atom stereocenters. The maximum atomic E-state index is 8.79. The molecule has 0 bridgehead atoms. The zero-order valence-electron chi connectivity index (χ0n) is 5.39. The quantitative estimate of drug-likeness (QED) is 0.529. The molecular formula is C7H12O. The molecule has 0 aromatic carbocycles. The summed E-state index contributed by atoms with van der Waals surface area (Å²) in [6, 6.07) is 0. The average Bonchev–Trinajstić information content (AvgIpc) is 1.65. The molecule has 1 atom stereocenters. The van der Waals surface area contributed by atoms with Crippen molar-refractivity contribution in [3.05, 3.63) is 0 Å². The molecule has 0 heterocycles. The van der Waals surface area contributed by atoms with Crippen LogP contribution in [0.15, 0.2) is 0 Å². The molecule has 0 fully saturated rings. The summed E-state index contributed by atoms with van der Waals surface area (Å²) in [5.74, 6) is 2.74. The minimum atomic E-state index is -0.546. The first-order chi connectivity index (χ1) is 3.66. The summed E-state index contributed by atoms with van der Waals surface area (Å²) in [5, 5.41) is 8.79. The van der Waals surface area contributed by atoms with Crippen molar-refractivity contribution in [2.24, 2.45) is 5.92 Å². The van der Waals surface area contributed by atoms with Crippen molar-refractivity contribution in [2.45, 2.75) is 26.4 Å². The molecule has 0 radical (unpaired) electrons. The number of terminal acetylenes is 1. The Labute approximate surface area is 50.7 Å². The van der Waals surface area contributed by atoms with Crippen molar-refractivity contribution in [3.63, 3.8) is 0 Å². The van der Waals surface area contributed by atoms with E-state index in [0.29, 0.717) is 12.3 Å². The summed E-state index contributed by atoms with van der Waals surface area (Å²) < 4.78 is 0. The Bertz CT molecular complexity index is 89.1. The first-order valence-electron chi connectivity index (χ1n) is 2.81. The Hall–Kier alpha value is -0.480. The van der Waals surface area contributed by atoms with Crippen LogP contribution in [0.2, 0.25) is 0 Å². The standard InChI is InChI=1S/C7H12O/c1-4-7(8)5-6(2)3/h1,6-8H,5H2,2-3H3/t7-/m1/s1. The highest BCUT2D eigenvalue weighted by molar-refractivity contribution is 4.93. The summed E-state index contributed by atoms with van der Waals surface area (Å²) in [5.41, 5.74) is 0. The van der Waals surface area contributed by atoms with Gasteiger partial charge in [0.15, 0.2) is 0 Å². The van der Waals surface area contributed by atoms with Crippen LogP contribution in [0.1, 0.15) is 20.3 Å². The first-order valence-corrected chi connectivity index (χ1v) is 2.81. The van der Waals surface area contributed by atoms with Crippen molar-refractivity contribution < 1.29 is 5.11 Å². The van der Waals surface area contributed by atoms with Gasteiger partial charge in [-0.1, -0.05) is 19.8 Å². The van der Waals surface area contributed by atoms with Crippen LogP contribution >= 0.6 is 0 Å². The lowest BCUT2D eigenvalue weighted by atomic mass is 10.1. The van der Waals surface area contributed by atoms with Gasteiger partial charge in [-0.15, -0.1) is 6.42 Å². The number of aliphatic hydroxyl groups is 1. The Balaban J connectivity index is 3.28. The van der Waals surface area contributed by atoms with E-state index in [1.165, 1.54) is 0 Å². The van der Waals surface area contributed by atoms with Crippen LogP contribution in [0.5, 0.6) is 0 Å². The molecule has 0 saturated heterocycles. The van der Waals surface area contributed by atoms with Crippen LogP contribution in [0.3, 0.4) is 0 Å². The lowest BCUT2D eigenvalue weighted by Crippen LogP contribution is -2.05. The van der Waals surface area contributed by atoms with Gasteiger partial charge in [0.2, 0.25) is 0 Å². The molecule has 0 aromatic heterocycles. The van der Waals surface area contributed by atoms with E-state index in [0.717, 1.165) is 0 Å². The van der Waals surface area contributed by atoms with Gasteiger partial charge in [0, 0.05) is 0 Å². The molecule has 46 valence electrons. The van der Waals surface area contributed by atoms with E-state index in [4.69, 9.17) is 11.5 Å². The molecule has 8 heavy (non-hydrogen) atoms. The van der Waals surface area contributed by atoms with Crippen molar-refractivity contribution in [1.82, 2.24) is 0 Å². The topological polar surface area (TPSA) is 20.2 Å². The second kappa shape index (κ2) is 3.51. The van der Waals surface area contributed by atoms with Gasteiger partial charge in [0.1, 0.15) is 6.10 Å². The third kappa shape index (κ3) is 3.70. The molecule has 0 aliphatic rings. The second-order valence-electron chi connectivity index (χ2n) is 2.31. The maximum Gasteiger partial charge on any atom is 0.114 e. The minimum absolute atomic E-state index is 0.487. The smallest absolute Gasteiger partial charge is 0.114 e. The first kappa shape index (κ1) is 7.52. The van der Waals surface area contributed by atoms with E-state index in [1.54, 1.807) is 0 Å². The maximum absolute atomic E-state index is 8.79. The SMILES string of the molecule is C#C[C@@H](O)CC(C)C. The molecule has 0 rings (SSSR count). The van der Waals surface area contributed by atoms with E-state index in [-0.39, 0.29) is 0 Å². The lowest BCUT2D eigenvalue weighted by molar-refractivity contribution is 0.204. The normalized spacial score (nSPS) is 13.4. The molecule has 0 spiro atoms. The van der Waals surface area contributed by atoms with E-state index in [9.17, 15) is 0 Å². The number of hydrogen-bond donors (Lipinski definition) is 1. The van der Waals surface area contributed by atoms with Gasteiger partial charge in [0.05, 0.1) is 0 Å². The number of rotatable bonds is 2. The van der Waals surface area contributed by atoms with E-state index in [2.05, 4.69) is 5.92 Å². The Morgan fingerprint density at radius 2 is 2.12 bits per heavy atom. The fraction of sp³-hybridized carbons (Fsp3) is 0.714. The van der Waals surface area contributed by atoms with Gasteiger partial charge in [-0.05, 0) is 12.3 Å². The van der Waals surface area contributed by atoms with Crippen LogP contribution < -0.4 is 0 Å². The molecule has 0 amide bonds. The van der Waals surface area contributed by atoms with Crippen LogP contribution in [0.25, 0.3) is 0 Å². The molecular weight excluding hydrogens is 100 g/mol. The van der Waals surface area contributed by atoms with Gasteiger partial charge in [-0.3, -0.25) is 0 Å². The summed E-state index contributed by atoms with van der Waals surface area (Å²) in [6.07, 6.45) is 5.08. The predicted molar refractivity (Wildman–Crippen MR) is 34.3 cm³/mol. The van der Waals surface area contributed by atoms with Gasteiger partial charge in [0.25, 0.3) is 0 Å². The van der Waals surface area contributed by atoms with Crippen LogP contribution in [-0.2, 0) is 0 Å². The van der Waals surface area contributed by atoms with E-state index < -0.39 is 6.10 Å². The van der Waals surface area contributed by atoms with Crippen molar-refractivity contribution in [2.75, 3.05) is 0 Å². The molecule has 1 nitrogen and oxygen atoms in total. The van der Waals surface area contributed by atoms with Crippen LogP contribution in [0.4, 0.5) is 0 Å². The van der Waals surface area contributed by atoms with Crippen LogP contribution in [0, 0.1) is 18.3 Å². The summed E-state index contributed by atoms with van der Waals surface area (Å²) in [4.78, 5) is 0. The third-order valence-corrected chi connectivity index (χ3v) is 0.887. The number of hydrogen-bond acceptors (Lipinski definition) is 1. The number of aliphatic hydroxyl groups excluding tert-OH is 1. The van der Waals surface area contributed by atoms with Crippen molar-refractivity contribution in [3.8, 4) is 12.3 Å². The van der Waals surface area contributed by atoms with Gasteiger partial charge in [-0.2, -0.15) is 0 Å². The van der Waals surface area contributed by atoms with E-state index >= 15 is 0 Å². The minimum Gasteiger partial charge on any atom is -0.380 e. The molecule has 1 heteroatoms. The van der Waals surface area contributed by atoms with Crippen molar-refractivity contribution >= 4 is 0 Å². The molecule has 0 saturated carbocycles. The highest BCUT2D eigenvalue weighted by Crippen LogP contribution is 2.02. The fourth-order valence-electron chi connectivity index (χ4n) is 0.515.